The van der Waals surface area contributed by atoms with Crippen LogP contribution in [0.3, 0.4) is 0 Å². The van der Waals surface area contributed by atoms with Crippen molar-refractivity contribution in [2.24, 2.45) is 11.5 Å². The van der Waals surface area contributed by atoms with Crippen molar-refractivity contribution < 1.29 is 0 Å². The summed E-state index contributed by atoms with van der Waals surface area (Å²) in [6, 6.07) is 7.11. The highest BCUT2D eigenvalue weighted by atomic mass is 32.1. The Morgan fingerprint density at radius 2 is 1.83 bits per heavy atom. The largest absolute Gasteiger partial charge is 0.326 e. The van der Waals surface area contributed by atoms with Crippen LogP contribution < -0.4 is 11.5 Å². The van der Waals surface area contributed by atoms with E-state index in [0.29, 0.717) is 5.82 Å². The van der Waals surface area contributed by atoms with E-state index < -0.39 is 0 Å². The maximum absolute atomic E-state index is 6.33. The monoisotopic (exact) mass is 336 g/mol. The van der Waals surface area contributed by atoms with Crippen molar-refractivity contribution in [3.63, 3.8) is 0 Å². The van der Waals surface area contributed by atoms with Gasteiger partial charge in [-0.3, -0.25) is 4.98 Å². The molecule has 0 aliphatic carbocycles. The molecule has 0 fully saturated rings. The van der Waals surface area contributed by atoms with E-state index in [1.54, 1.807) is 29.9 Å². The van der Waals surface area contributed by atoms with Gasteiger partial charge in [-0.15, -0.1) is 11.3 Å². The number of hydrogen-bond acceptors (Lipinski definition) is 7. The third kappa shape index (κ3) is 2.43. The minimum absolute atomic E-state index is 0.216. The second-order valence-corrected chi connectivity index (χ2v) is 6.69. The summed E-state index contributed by atoms with van der Waals surface area (Å²) in [4.78, 5) is 18.9. The summed E-state index contributed by atoms with van der Waals surface area (Å²) in [5, 5.41) is 1.01. The fourth-order valence-corrected chi connectivity index (χ4v) is 3.73. The van der Waals surface area contributed by atoms with E-state index in [4.69, 9.17) is 21.4 Å². The maximum atomic E-state index is 6.33. The Kier molecular flexibility index (Phi) is 3.68. The normalized spacial score (nSPS) is 14.1. The van der Waals surface area contributed by atoms with Crippen molar-refractivity contribution in [2.75, 3.05) is 0 Å². The van der Waals surface area contributed by atoms with Gasteiger partial charge in [-0.25, -0.2) is 15.0 Å². The Bertz CT molecular complexity index is 1010. The van der Waals surface area contributed by atoms with Gasteiger partial charge in [-0.1, -0.05) is 0 Å². The third-order valence-electron chi connectivity index (χ3n) is 3.94. The molecule has 0 radical (unpaired) electrons. The fraction of sp³-hybridized carbons (Fsp3) is 0.176. The third-order valence-corrected chi connectivity index (χ3v) is 5.06. The van der Waals surface area contributed by atoms with Gasteiger partial charge < -0.3 is 11.5 Å². The Hall–Kier alpha value is -2.48. The molecule has 24 heavy (non-hydrogen) atoms. The van der Waals surface area contributed by atoms with Gasteiger partial charge in [0.15, 0.2) is 5.82 Å². The first-order valence-electron chi connectivity index (χ1n) is 7.62. The van der Waals surface area contributed by atoms with Crippen molar-refractivity contribution >= 4 is 31.8 Å². The molecule has 0 aliphatic heterocycles. The summed E-state index contributed by atoms with van der Waals surface area (Å²) < 4.78 is 0.950. The van der Waals surface area contributed by atoms with Crippen molar-refractivity contribution in [1.29, 1.82) is 0 Å². The Balaban J connectivity index is 2.07. The molecular weight excluding hydrogens is 320 g/mol. The average molecular weight is 336 g/mol. The van der Waals surface area contributed by atoms with E-state index in [-0.39, 0.29) is 12.1 Å². The number of fused-ring (bicyclic) bond motifs is 3. The first kappa shape index (κ1) is 15.1. The highest BCUT2D eigenvalue weighted by Crippen LogP contribution is 2.36. The summed E-state index contributed by atoms with van der Waals surface area (Å²) in [6.07, 6.45) is 5.22. The van der Waals surface area contributed by atoms with E-state index in [0.717, 1.165) is 31.7 Å². The van der Waals surface area contributed by atoms with Gasteiger partial charge in [0.25, 0.3) is 0 Å². The van der Waals surface area contributed by atoms with Crippen LogP contribution in [-0.2, 0) is 0 Å². The lowest BCUT2D eigenvalue weighted by molar-refractivity contribution is 0.579. The van der Waals surface area contributed by atoms with E-state index in [1.165, 1.54) is 0 Å². The number of aromatic nitrogens is 4. The van der Waals surface area contributed by atoms with Crippen LogP contribution in [0.2, 0.25) is 0 Å². The molecule has 0 amide bonds. The van der Waals surface area contributed by atoms with Gasteiger partial charge in [0.1, 0.15) is 4.83 Å². The average Bonchev–Trinajstić information content (AvgIpc) is 2.99. The van der Waals surface area contributed by atoms with Gasteiger partial charge in [0.2, 0.25) is 0 Å². The molecule has 0 bridgehead atoms. The van der Waals surface area contributed by atoms with Crippen LogP contribution in [0.5, 0.6) is 0 Å². The fourth-order valence-electron chi connectivity index (χ4n) is 2.61. The minimum Gasteiger partial charge on any atom is -0.326 e. The molecule has 120 valence electrons. The SMILES string of the molecule is CC(N)C(N)c1nc(-c2ccncc2)nc2c1sc1ncccc12. The molecule has 7 heteroatoms. The molecule has 4 N–H and O–H groups in total. The van der Waals surface area contributed by atoms with Crippen molar-refractivity contribution in [2.45, 2.75) is 19.0 Å². The van der Waals surface area contributed by atoms with Crippen molar-refractivity contribution in [3.8, 4) is 11.4 Å². The van der Waals surface area contributed by atoms with E-state index in [1.807, 2.05) is 31.2 Å². The molecule has 2 unspecified atom stereocenters. The van der Waals surface area contributed by atoms with Gasteiger partial charge in [-0.05, 0) is 31.2 Å². The van der Waals surface area contributed by atoms with Crippen LogP contribution in [0, 0.1) is 0 Å². The van der Waals surface area contributed by atoms with E-state index in [2.05, 4.69) is 9.97 Å². The summed E-state index contributed by atoms with van der Waals surface area (Å²) >= 11 is 1.55. The van der Waals surface area contributed by atoms with Crippen LogP contribution in [-0.4, -0.2) is 26.0 Å². The lowest BCUT2D eigenvalue weighted by Gasteiger charge is -2.16. The van der Waals surface area contributed by atoms with Gasteiger partial charge in [0.05, 0.1) is 22.0 Å². The highest BCUT2D eigenvalue weighted by Gasteiger charge is 2.21. The minimum atomic E-state index is -0.371. The molecule has 0 spiro atoms. The van der Waals surface area contributed by atoms with Gasteiger partial charge >= 0.3 is 0 Å². The first-order chi connectivity index (χ1) is 11.6. The molecule has 0 aromatic carbocycles. The summed E-state index contributed by atoms with van der Waals surface area (Å²) in [5.41, 5.74) is 14.9. The van der Waals surface area contributed by atoms with Crippen molar-refractivity contribution in [1.82, 2.24) is 19.9 Å². The zero-order chi connectivity index (χ0) is 16.7. The zero-order valence-electron chi connectivity index (χ0n) is 13.0. The molecule has 4 aromatic rings. The van der Waals surface area contributed by atoms with Crippen LogP contribution in [0.4, 0.5) is 0 Å². The van der Waals surface area contributed by atoms with Crippen LogP contribution in [0.1, 0.15) is 18.7 Å². The highest BCUT2D eigenvalue weighted by molar-refractivity contribution is 7.25. The predicted octanol–water partition coefficient (Wildman–Crippen LogP) is 2.65. The number of nitrogens with zero attached hydrogens (tertiary/aromatic N) is 4. The maximum Gasteiger partial charge on any atom is 0.160 e. The zero-order valence-corrected chi connectivity index (χ0v) is 13.9. The van der Waals surface area contributed by atoms with Crippen molar-refractivity contribution in [3.05, 3.63) is 48.5 Å². The Morgan fingerprint density at radius 3 is 2.58 bits per heavy atom. The number of thiophene rings is 1. The smallest absolute Gasteiger partial charge is 0.160 e. The Labute approximate surface area is 142 Å². The molecule has 0 saturated heterocycles. The van der Waals surface area contributed by atoms with Gasteiger partial charge in [0, 0.05) is 35.6 Å². The summed E-state index contributed by atoms with van der Waals surface area (Å²) in [7, 11) is 0. The second-order valence-electron chi connectivity index (χ2n) is 5.69. The lowest BCUT2D eigenvalue weighted by Crippen LogP contribution is -2.32. The lowest BCUT2D eigenvalue weighted by atomic mass is 10.1. The van der Waals surface area contributed by atoms with E-state index >= 15 is 0 Å². The van der Waals surface area contributed by atoms with Crippen LogP contribution in [0.15, 0.2) is 42.9 Å². The number of nitrogens with two attached hydrogens (primary N) is 2. The standard InChI is InChI=1S/C17H16N6S/c1-9(18)12(19)14-15-13(11-3-2-6-21-17(11)24-15)22-16(23-14)10-4-7-20-8-5-10/h2-9,12H,18-19H2,1H3. The quantitative estimate of drug-likeness (QED) is 0.596. The molecule has 4 aromatic heterocycles. The molecule has 4 rings (SSSR count). The molecule has 6 nitrogen and oxygen atoms in total. The number of pyridine rings is 2. The Morgan fingerprint density at radius 1 is 1.04 bits per heavy atom. The molecule has 0 saturated carbocycles. The molecule has 4 heterocycles. The van der Waals surface area contributed by atoms with Crippen LogP contribution >= 0.6 is 11.3 Å². The van der Waals surface area contributed by atoms with Gasteiger partial charge in [-0.2, -0.15) is 0 Å². The summed E-state index contributed by atoms with van der Waals surface area (Å²) in [5.74, 6) is 0.625. The van der Waals surface area contributed by atoms with Crippen LogP contribution in [0.25, 0.3) is 31.8 Å². The number of hydrogen-bond donors (Lipinski definition) is 2. The molecule has 0 aliphatic rings. The topological polar surface area (TPSA) is 104 Å². The molecular formula is C17H16N6S. The predicted molar refractivity (Wildman–Crippen MR) is 96.5 cm³/mol. The van der Waals surface area contributed by atoms with E-state index in [9.17, 15) is 0 Å². The second kappa shape index (κ2) is 5.86. The number of rotatable bonds is 3. The molecule has 2 atom stereocenters. The first-order valence-corrected chi connectivity index (χ1v) is 8.43. The summed E-state index contributed by atoms with van der Waals surface area (Å²) in [6.45, 7) is 1.89.